The molecule has 1 aromatic carbocycles. The molecule has 0 atom stereocenters. The van der Waals surface area contributed by atoms with Crippen molar-refractivity contribution >= 4 is 10.8 Å². The summed E-state index contributed by atoms with van der Waals surface area (Å²) in [4.78, 5) is 4.11. The Bertz CT molecular complexity index is 690. The Labute approximate surface area is 111 Å². The molecule has 0 fully saturated rings. The SMILES string of the molecule is Cc1cc(CNCc2ccc3cnccc3c2)on1. The first-order valence-corrected chi connectivity index (χ1v) is 6.27. The van der Waals surface area contributed by atoms with Crippen molar-refractivity contribution in [3.63, 3.8) is 0 Å². The standard InChI is InChI=1S/C15H15N3O/c1-11-6-15(19-18-11)10-17-8-12-2-3-14-9-16-5-4-13(14)7-12/h2-7,9,17H,8,10H2,1H3. The molecule has 0 spiro atoms. The van der Waals surface area contributed by atoms with Crippen LogP contribution in [0, 0.1) is 6.92 Å². The Hall–Kier alpha value is -2.20. The molecular formula is C15H15N3O. The molecule has 0 bridgehead atoms. The summed E-state index contributed by atoms with van der Waals surface area (Å²) in [6.45, 7) is 3.41. The first-order valence-electron chi connectivity index (χ1n) is 6.27. The van der Waals surface area contributed by atoms with Crippen LogP contribution in [-0.2, 0) is 13.1 Å². The van der Waals surface area contributed by atoms with Gasteiger partial charge in [-0.1, -0.05) is 17.3 Å². The summed E-state index contributed by atoms with van der Waals surface area (Å²) in [7, 11) is 0. The van der Waals surface area contributed by atoms with Crippen molar-refractivity contribution in [2.24, 2.45) is 0 Å². The van der Waals surface area contributed by atoms with Gasteiger partial charge in [-0.05, 0) is 30.0 Å². The van der Waals surface area contributed by atoms with Crippen LogP contribution in [0.4, 0.5) is 0 Å². The van der Waals surface area contributed by atoms with Gasteiger partial charge in [-0.25, -0.2) is 0 Å². The van der Waals surface area contributed by atoms with E-state index in [0.29, 0.717) is 6.54 Å². The molecule has 0 unspecified atom stereocenters. The molecular weight excluding hydrogens is 238 g/mol. The van der Waals surface area contributed by atoms with Crippen molar-refractivity contribution in [2.75, 3.05) is 0 Å². The highest BCUT2D eigenvalue weighted by atomic mass is 16.5. The number of pyridine rings is 1. The van der Waals surface area contributed by atoms with Crippen molar-refractivity contribution in [1.82, 2.24) is 15.5 Å². The first-order chi connectivity index (χ1) is 9.31. The maximum atomic E-state index is 5.15. The minimum Gasteiger partial charge on any atom is -0.360 e. The summed E-state index contributed by atoms with van der Waals surface area (Å²) in [6, 6.07) is 10.4. The molecule has 2 heterocycles. The predicted octanol–water partition coefficient (Wildman–Crippen LogP) is 2.82. The van der Waals surface area contributed by atoms with Crippen molar-refractivity contribution in [2.45, 2.75) is 20.0 Å². The largest absolute Gasteiger partial charge is 0.360 e. The summed E-state index contributed by atoms with van der Waals surface area (Å²) in [5.74, 6) is 0.863. The fourth-order valence-corrected chi connectivity index (χ4v) is 2.07. The van der Waals surface area contributed by atoms with E-state index in [4.69, 9.17) is 4.52 Å². The molecule has 19 heavy (non-hydrogen) atoms. The van der Waals surface area contributed by atoms with Crippen LogP contribution >= 0.6 is 0 Å². The Morgan fingerprint density at radius 3 is 2.89 bits per heavy atom. The molecule has 3 rings (SSSR count). The van der Waals surface area contributed by atoms with Crippen molar-refractivity contribution < 1.29 is 4.52 Å². The van der Waals surface area contributed by atoms with Gasteiger partial charge in [-0.3, -0.25) is 4.98 Å². The van der Waals surface area contributed by atoms with Gasteiger partial charge in [0.15, 0.2) is 5.76 Å². The van der Waals surface area contributed by atoms with Gasteiger partial charge < -0.3 is 9.84 Å². The van der Waals surface area contributed by atoms with E-state index in [9.17, 15) is 0 Å². The van der Waals surface area contributed by atoms with Gasteiger partial charge in [0.1, 0.15) is 0 Å². The average molecular weight is 253 g/mol. The Kier molecular flexibility index (Phi) is 3.25. The minimum absolute atomic E-state index is 0.690. The molecule has 0 aliphatic carbocycles. The van der Waals surface area contributed by atoms with Crippen LogP contribution in [0.25, 0.3) is 10.8 Å². The van der Waals surface area contributed by atoms with E-state index in [1.807, 2.05) is 31.5 Å². The van der Waals surface area contributed by atoms with Crippen LogP contribution in [0.5, 0.6) is 0 Å². The number of hydrogen-bond acceptors (Lipinski definition) is 4. The quantitative estimate of drug-likeness (QED) is 0.776. The molecule has 4 nitrogen and oxygen atoms in total. The number of fused-ring (bicyclic) bond motifs is 1. The summed E-state index contributed by atoms with van der Waals surface area (Å²) >= 11 is 0. The first kappa shape index (κ1) is 11.9. The van der Waals surface area contributed by atoms with Crippen LogP contribution in [0.15, 0.2) is 47.2 Å². The smallest absolute Gasteiger partial charge is 0.150 e. The molecule has 0 saturated carbocycles. The Morgan fingerprint density at radius 2 is 2.05 bits per heavy atom. The normalized spacial score (nSPS) is 11.0. The van der Waals surface area contributed by atoms with Crippen LogP contribution in [0.2, 0.25) is 0 Å². The van der Waals surface area contributed by atoms with E-state index < -0.39 is 0 Å². The topological polar surface area (TPSA) is 51.0 Å². The Morgan fingerprint density at radius 1 is 1.11 bits per heavy atom. The number of aryl methyl sites for hydroxylation is 1. The summed E-state index contributed by atoms with van der Waals surface area (Å²) in [6.07, 6.45) is 3.70. The van der Waals surface area contributed by atoms with Gasteiger partial charge in [0, 0.05) is 30.4 Å². The molecule has 0 aliphatic rings. The molecule has 0 radical (unpaired) electrons. The molecule has 2 aromatic heterocycles. The number of rotatable bonds is 4. The van der Waals surface area contributed by atoms with Gasteiger partial charge in [-0.15, -0.1) is 0 Å². The molecule has 0 amide bonds. The number of benzene rings is 1. The van der Waals surface area contributed by atoms with Gasteiger partial charge in [0.05, 0.1) is 12.2 Å². The third kappa shape index (κ3) is 2.80. The van der Waals surface area contributed by atoms with E-state index in [2.05, 4.69) is 33.7 Å². The minimum atomic E-state index is 0.690. The van der Waals surface area contributed by atoms with E-state index in [0.717, 1.165) is 23.4 Å². The van der Waals surface area contributed by atoms with Gasteiger partial charge >= 0.3 is 0 Å². The van der Waals surface area contributed by atoms with E-state index in [-0.39, 0.29) is 0 Å². The number of aromatic nitrogens is 2. The molecule has 96 valence electrons. The lowest BCUT2D eigenvalue weighted by Gasteiger charge is -2.04. The van der Waals surface area contributed by atoms with Crippen LogP contribution < -0.4 is 5.32 Å². The van der Waals surface area contributed by atoms with Crippen molar-refractivity contribution in [1.29, 1.82) is 0 Å². The zero-order chi connectivity index (χ0) is 13.1. The van der Waals surface area contributed by atoms with E-state index >= 15 is 0 Å². The fraction of sp³-hybridized carbons (Fsp3) is 0.200. The zero-order valence-corrected chi connectivity index (χ0v) is 10.8. The van der Waals surface area contributed by atoms with Crippen molar-refractivity contribution in [3.8, 4) is 0 Å². The lowest BCUT2D eigenvalue weighted by Crippen LogP contribution is -2.12. The highest BCUT2D eigenvalue weighted by Crippen LogP contribution is 2.14. The van der Waals surface area contributed by atoms with Crippen molar-refractivity contribution in [3.05, 3.63) is 59.7 Å². The fourth-order valence-electron chi connectivity index (χ4n) is 2.07. The maximum absolute atomic E-state index is 5.15. The maximum Gasteiger partial charge on any atom is 0.150 e. The molecule has 0 saturated heterocycles. The van der Waals surface area contributed by atoms with Gasteiger partial charge in [0.25, 0.3) is 0 Å². The summed E-state index contributed by atoms with van der Waals surface area (Å²) in [5.41, 5.74) is 2.16. The zero-order valence-electron chi connectivity index (χ0n) is 10.8. The second-order valence-electron chi connectivity index (χ2n) is 4.60. The van der Waals surface area contributed by atoms with E-state index in [1.165, 1.54) is 10.9 Å². The second kappa shape index (κ2) is 5.20. The Balaban J connectivity index is 1.65. The summed E-state index contributed by atoms with van der Waals surface area (Å²) in [5, 5.41) is 9.58. The van der Waals surface area contributed by atoms with E-state index in [1.54, 1.807) is 0 Å². The molecule has 3 aromatic rings. The predicted molar refractivity (Wildman–Crippen MR) is 73.5 cm³/mol. The lowest BCUT2D eigenvalue weighted by molar-refractivity contribution is 0.369. The van der Waals surface area contributed by atoms with Crippen LogP contribution in [0.3, 0.4) is 0 Å². The van der Waals surface area contributed by atoms with Gasteiger partial charge in [0.2, 0.25) is 0 Å². The number of hydrogen-bond donors (Lipinski definition) is 1. The highest BCUT2D eigenvalue weighted by molar-refractivity contribution is 5.81. The highest BCUT2D eigenvalue weighted by Gasteiger charge is 2.00. The van der Waals surface area contributed by atoms with Crippen LogP contribution in [0.1, 0.15) is 17.0 Å². The monoisotopic (exact) mass is 253 g/mol. The molecule has 4 heteroatoms. The molecule has 1 N–H and O–H groups in total. The number of nitrogens with one attached hydrogen (secondary N) is 1. The second-order valence-corrected chi connectivity index (χ2v) is 4.60. The average Bonchev–Trinajstić information content (AvgIpc) is 2.84. The lowest BCUT2D eigenvalue weighted by atomic mass is 10.1. The summed E-state index contributed by atoms with van der Waals surface area (Å²) < 4.78 is 5.15. The van der Waals surface area contributed by atoms with Crippen LogP contribution in [-0.4, -0.2) is 10.1 Å². The third-order valence-corrected chi connectivity index (χ3v) is 3.01. The molecule has 0 aliphatic heterocycles. The van der Waals surface area contributed by atoms with Gasteiger partial charge in [-0.2, -0.15) is 0 Å². The third-order valence-electron chi connectivity index (χ3n) is 3.01. The number of nitrogens with zero attached hydrogens (tertiary/aromatic N) is 2.